The molecule has 0 aliphatic carbocycles. The van der Waals surface area contributed by atoms with Crippen molar-refractivity contribution in [1.82, 2.24) is 14.9 Å². The molecule has 5 nitrogen and oxygen atoms in total. The number of amides is 1. The number of nitrogens with zero attached hydrogens (tertiary/aromatic N) is 3. The van der Waals surface area contributed by atoms with Crippen LogP contribution in [-0.4, -0.2) is 34.4 Å². The summed E-state index contributed by atoms with van der Waals surface area (Å²) in [5, 5.41) is 4.08. The van der Waals surface area contributed by atoms with Gasteiger partial charge in [-0.15, -0.1) is 0 Å². The highest BCUT2D eigenvalue weighted by molar-refractivity contribution is 6.36. The third-order valence-electron chi connectivity index (χ3n) is 3.26. The van der Waals surface area contributed by atoms with Gasteiger partial charge in [-0.25, -0.2) is 9.97 Å². The number of benzene rings is 1. The first-order valence-electron chi connectivity index (χ1n) is 7.31. The highest BCUT2D eigenvalue weighted by atomic mass is 35.5. The Bertz CT molecular complexity index is 676. The third-order valence-corrected chi connectivity index (χ3v) is 3.81. The quantitative estimate of drug-likeness (QED) is 0.836. The average molecular weight is 353 g/mol. The molecule has 0 aliphatic rings. The van der Waals surface area contributed by atoms with Gasteiger partial charge in [0.1, 0.15) is 11.5 Å². The highest BCUT2D eigenvalue weighted by Crippen LogP contribution is 2.27. The van der Waals surface area contributed by atoms with Crippen molar-refractivity contribution in [1.29, 1.82) is 0 Å². The van der Waals surface area contributed by atoms with Crippen LogP contribution < -0.4 is 5.32 Å². The van der Waals surface area contributed by atoms with Gasteiger partial charge in [0.2, 0.25) is 0 Å². The minimum atomic E-state index is -0.137. The van der Waals surface area contributed by atoms with E-state index in [2.05, 4.69) is 22.2 Å². The maximum absolute atomic E-state index is 12.2. The second-order valence-electron chi connectivity index (χ2n) is 5.12. The van der Waals surface area contributed by atoms with Crippen LogP contribution in [-0.2, 0) is 0 Å². The Hall–Kier alpha value is -1.85. The minimum absolute atomic E-state index is 0.137. The van der Waals surface area contributed by atoms with E-state index in [1.54, 1.807) is 30.1 Å². The van der Waals surface area contributed by atoms with Gasteiger partial charge in [0.15, 0.2) is 0 Å². The lowest BCUT2D eigenvalue weighted by Crippen LogP contribution is -2.28. The summed E-state index contributed by atoms with van der Waals surface area (Å²) in [5.41, 5.74) is 0.987. The Balaban J connectivity index is 2.05. The maximum Gasteiger partial charge on any atom is 0.273 e. The van der Waals surface area contributed by atoms with Gasteiger partial charge in [-0.2, -0.15) is 0 Å². The van der Waals surface area contributed by atoms with E-state index in [1.165, 1.54) is 12.4 Å². The number of hydrogen-bond acceptors (Lipinski definition) is 4. The Kier molecular flexibility index (Phi) is 6.19. The standard InChI is InChI=1S/C16H18Cl2N4O/c1-3-4-7-22(2)16(23)14-9-20-15(10-19-14)21-13-6-5-11(17)8-12(13)18/h5-6,8-10H,3-4,7H2,1-2H3,(H,20,21). The van der Waals surface area contributed by atoms with E-state index >= 15 is 0 Å². The monoisotopic (exact) mass is 352 g/mol. The van der Waals surface area contributed by atoms with E-state index in [-0.39, 0.29) is 5.91 Å². The van der Waals surface area contributed by atoms with Crippen LogP contribution in [0.5, 0.6) is 0 Å². The molecule has 0 spiro atoms. The average Bonchev–Trinajstić information content (AvgIpc) is 2.55. The fourth-order valence-electron chi connectivity index (χ4n) is 1.92. The number of halogens is 2. The van der Waals surface area contributed by atoms with Gasteiger partial charge in [0.05, 0.1) is 23.1 Å². The minimum Gasteiger partial charge on any atom is -0.340 e. The molecular formula is C16H18Cl2N4O. The summed E-state index contributed by atoms with van der Waals surface area (Å²) in [5.74, 6) is 0.365. The van der Waals surface area contributed by atoms with E-state index in [1.807, 2.05) is 0 Å². The zero-order chi connectivity index (χ0) is 16.8. The third kappa shape index (κ3) is 4.81. The highest BCUT2D eigenvalue weighted by Gasteiger charge is 2.13. The molecule has 7 heteroatoms. The second kappa shape index (κ2) is 8.13. The van der Waals surface area contributed by atoms with Crippen LogP contribution in [0.1, 0.15) is 30.3 Å². The van der Waals surface area contributed by atoms with Gasteiger partial charge in [-0.3, -0.25) is 4.79 Å². The first-order valence-corrected chi connectivity index (χ1v) is 8.06. The lowest BCUT2D eigenvalue weighted by molar-refractivity contribution is 0.0787. The van der Waals surface area contributed by atoms with E-state index in [0.29, 0.717) is 33.8 Å². The van der Waals surface area contributed by atoms with Crippen molar-refractivity contribution in [2.45, 2.75) is 19.8 Å². The number of hydrogen-bond donors (Lipinski definition) is 1. The van der Waals surface area contributed by atoms with Crippen LogP contribution in [0.15, 0.2) is 30.6 Å². The van der Waals surface area contributed by atoms with Crippen molar-refractivity contribution >= 4 is 40.6 Å². The summed E-state index contributed by atoms with van der Waals surface area (Å²) < 4.78 is 0. The number of rotatable bonds is 6. The molecule has 0 unspecified atom stereocenters. The number of nitrogens with one attached hydrogen (secondary N) is 1. The smallest absolute Gasteiger partial charge is 0.273 e. The molecule has 0 atom stereocenters. The number of aromatic nitrogens is 2. The number of unbranched alkanes of at least 4 members (excludes halogenated alkanes) is 1. The SMILES string of the molecule is CCCCN(C)C(=O)c1cnc(Nc2ccc(Cl)cc2Cl)cn1. The van der Waals surface area contributed by atoms with Crippen molar-refractivity contribution < 1.29 is 4.79 Å². The molecule has 23 heavy (non-hydrogen) atoms. The van der Waals surface area contributed by atoms with Crippen molar-refractivity contribution in [3.8, 4) is 0 Å². The Morgan fingerprint density at radius 2 is 2.04 bits per heavy atom. The molecule has 1 N–H and O–H groups in total. The summed E-state index contributed by atoms with van der Waals surface area (Å²) in [7, 11) is 1.76. The lowest BCUT2D eigenvalue weighted by Gasteiger charge is -2.16. The second-order valence-corrected chi connectivity index (χ2v) is 5.96. The summed E-state index contributed by atoms with van der Waals surface area (Å²) in [6.45, 7) is 2.79. The van der Waals surface area contributed by atoms with Crippen molar-refractivity contribution in [3.05, 3.63) is 46.3 Å². The van der Waals surface area contributed by atoms with Crippen LogP contribution in [0.4, 0.5) is 11.5 Å². The maximum atomic E-state index is 12.2. The van der Waals surface area contributed by atoms with Gasteiger partial charge in [-0.1, -0.05) is 36.5 Å². The Morgan fingerprint density at radius 3 is 2.65 bits per heavy atom. The molecule has 1 heterocycles. The topological polar surface area (TPSA) is 58.1 Å². The van der Waals surface area contributed by atoms with Crippen molar-refractivity contribution in [2.75, 3.05) is 18.9 Å². The van der Waals surface area contributed by atoms with Crippen LogP contribution in [0.3, 0.4) is 0 Å². The summed E-state index contributed by atoms with van der Waals surface area (Å²) in [4.78, 5) is 22.2. The van der Waals surface area contributed by atoms with E-state index in [9.17, 15) is 4.79 Å². The van der Waals surface area contributed by atoms with E-state index in [0.717, 1.165) is 12.8 Å². The van der Waals surface area contributed by atoms with Crippen molar-refractivity contribution in [3.63, 3.8) is 0 Å². The summed E-state index contributed by atoms with van der Waals surface area (Å²) >= 11 is 12.0. The fraction of sp³-hybridized carbons (Fsp3) is 0.312. The molecule has 1 amide bonds. The van der Waals surface area contributed by atoms with E-state index in [4.69, 9.17) is 23.2 Å². The first kappa shape index (κ1) is 17.5. The zero-order valence-electron chi connectivity index (χ0n) is 13.0. The van der Waals surface area contributed by atoms with E-state index < -0.39 is 0 Å². The molecular weight excluding hydrogens is 335 g/mol. The molecule has 0 saturated heterocycles. The molecule has 1 aromatic heterocycles. The largest absolute Gasteiger partial charge is 0.340 e. The molecule has 0 bridgehead atoms. The van der Waals surface area contributed by atoms with Gasteiger partial charge < -0.3 is 10.2 Å². The molecule has 2 aromatic rings. The van der Waals surface area contributed by atoms with Crippen LogP contribution in [0.2, 0.25) is 10.0 Å². The predicted molar refractivity (Wildman–Crippen MR) is 93.6 cm³/mol. The van der Waals surface area contributed by atoms with Gasteiger partial charge >= 0.3 is 0 Å². The number of anilines is 2. The van der Waals surface area contributed by atoms with Crippen LogP contribution in [0, 0.1) is 0 Å². The summed E-state index contributed by atoms with van der Waals surface area (Å²) in [6, 6.07) is 5.12. The molecule has 122 valence electrons. The normalized spacial score (nSPS) is 10.4. The molecule has 0 fully saturated rings. The molecule has 0 aliphatic heterocycles. The predicted octanol–water partition coefficient (Wildman–Crippen LogP) is 4.40. The summed E-state index contributed by atoms with van der Waals surface area (Å²) in [6.07, 6.45) is 4.96. The van der Waals surface area contributed by atoms with Crippen molar-refractivity contribution in [2.24, 2.45) is 0 Å². The molecule has 1 aromatic carbocycles. The van der Waals surface area contributed by atoms with Crippen LogP contribution >= 0.6 is 23.2 Å². The van der Waals surface area contributed by atoms with Gasteiger partial charge in [-0.05, 0) is 24.6 Å². The first-order chi connectivity index (χ1) is 11.0. The van der Waals surface area contributed by atoms with Gasteiger partial charge in [0.25, 0.3) is 5.91 Å². The molecule has 2 rings (SSSR count). The number of carbonyl (C=O) groups excluding carboxylic acids is 1. The number of carbonyl (C=O) groups is 1. The zero-order valence-corrected chi connectivity index (χ0v) is 14.5. The molecule has 0 radical (unpaired) electrons. The Labute approximate surface area is 145 Å². The lowest BCUT2D eigenvalue weighted by atomic mass is 10.3. The fourth-order valence-corrected chi connectivity index (χ4v) is 2.38. The molecule has 0 saturated carbocycles. The van der Waals surface area contributed by atoms with Crippen LogP contribution in [0.25, 0.3) is 0 Å². The Morgan fingerprint density at radius 1 is 1.26 bits per heavy atom. The van der Waals surface area contributed by atoms with Gasteiger partial charge in [0, 0.05) is 18.6 Å².